The number of aliphatic hydroxyl groups is 1. The second kappa shape index (κ2) is 8.92. The number of fused-ring (bicyclic) bond motifs is 5. The first-order valence-corrected chi connectivity index (χ1v) is 13.0. The lowest BCUT2D eigenvalue weighted by Crippen LogP contribution is -2.59. The molecule has 0 heterocycles. The van der Waals surface area contributed by atoms with Crippen molar-refractivity contribution in [2.75, 3.05) is 7.11 Å². The molecule has 5 nitrogen and oxygen atoms in total. The van der Waals surface area contributed by atoms with Crippen molar-refractivity contribution in [1.82, 2.24) is 0 Å². The van der Waals surface area contributed by atoms with Crippen LogP contribution >= 0.6 is 0 Å². The van der Waals surface area contributed by atoms with Gasteiger partial charge in [0.05, 0.1) is 13.2 Å². The van der Waals surface area contributed by atoms with Crippen molar-refractivity contribution in [1.29, 1.82) is 0 Å². The molecular weight excluding hydrogens is 404 g/mol. The predicted molar refractivity (Wildman–Crippen MR) is 123 cm³/mol. The highest BCUT2D eigenvalue weighted by Crippen LogP contribution is 2.68. The van der Waals surface area contributed by atoms with Crippen molar-refractivity contribution in [3.63, 3.8) is 0 Å². The Morgan fingerprint density at radius 3 is 2.53 bits per heavy atom. The van der Waals surface area contributed by atoms with Crippen molar-refractivity contribution in [2.45, 2.75) is 104 Å². The Labute approximate surface area is 194 Å². The Morgan fingerprint density at radius 1 is 1.09 bits per heavy atom. The Morgan fingerprint density at radius 2 is 1.84 bits per heavy atom. The first-order chi connectivity index (χ1) is 15.1. The van der Waals surface area contributed by atoms with Gasteiger partial charge >= 0.3 is 11.9 Å². The quantitative estimate of drug-likeness (QED) is 0.590. The van der Waals surface area contributed by atoms with Gasteiger partial charge in [0.15, 0.2) is 0 Å². The molecule has 4 saturated carbocycles. The molecule has 0 aliphatic heterocycles. The van der Waals surface area contributed by atoms with Crippen molar-refractivity contribution in [3.8, 4) is 0 Å². The molecule has 4 fully saturated rings. The van der Waals surface area contributed by atoms with E-state index in [9.17, 15) is 14.7 Å². The van der Waals surface area contributed by atoms with Gasteiger partial charge in [0.1, 0.15) is 6.10 Å². The molecule has 1 N–H and O–H groups in total. The second-order valence-electron chi connectivity index (χ2n) is 12.1. The normalized spacial score (nSPS) is 46.4. The number of esters is 2. The fourth-order valence-corrected chi connectivity index (χ4v) is 9.31. The van der Waals surface area contributed by atoms with Crippen LogP contribution < -0.4 is 0 Å². The predicted octanol–water partition coefficient (Wildman–Crippen LogP) is 5.14. The third-order valence-corrected chi connectivity index (χ3v) is 10.7. The molecule has 0 aromatic rings. The molecule has 0 amide bonds. The molecule has 10 atom stereocenters. The topological polar surface area (TPSA) is 72.8 Å². The van der Waals surface area contributed by atoms with Crippen LogP contribution in [0, 0.1) is 46.3 Å². The monoisotopic (exact) mass is 448 g/mol. The van der Waals surface area contributed by atoms with Crippen molar-refractivity contribution < 1.29 is 24.2 Å². The fraction of sp³-hybridized carbons (Fsp3) is 0.926. The maximum Gasteiger partial charge on any atom is 0.305 e. The summed E-state index contributed by atoms with van der Waals surface area (Å²) in [4.78, 5) is 23.2. The minimum Gasteiger partial charge on any atom is -0.469 e. The number of carbonyl (C=O) groups excluding carboxylic acids is 2. The summed E-state index contributed by atoms with van der Waals surface area (Å²) < 4.78 is 10.5. The highest BCUT2D eigenvalue weighted by Gasteiger charge is 2.63. The first-order valence-electron chi connectivity index (χ1n) is 13.0. The molecule has 32 heavy (non-hydrogen) atoms. The minimum atomic E-state index is -0.257. The molecule has 0 spiro atoms. The van der Waals surface area contributed by atoms with Gasteiger partial charge in [-0.05, 0) is 104 Å². The molecule has 4 rings (SSSR count). The van der Waals surface area contributed by atoms with Gasteiger partial charge in [-0.15, -0.1) is 0 Å². The molecule has 4 aliphatic carbocycles. The van der Waals surface area contributed by atoms with Crippen LogP contribution in [0.2, 0.25) is 0 Å². The van der Waals surface area contributed by atoms with E-state index in [1.807, 2.05) is 0 Å². The Bertz CT molecular complexity index is 721. The van der Waals surface area contributed by atoms with E-state index in [2.05, 4.69) is 20.8 Å². The fourth-order valence-electron chi connectivity index (χ4n) is 9.31. The molecular formula is C27H44O5. The summed E-state index contributed by atoms with van der Waals surface area (Å²) in [6.07, 6.45) is 9.86. The molecule has 0 aromatic heterocycles. The zero-order chi connectivity index (χ0) is 23.3. The summed E-state index contributed by atoms with van der Waals surface area (Å²) in [5.41, 5.74) is 0.309. The number of aliphatic hydroxyl groups excluding tert-OH is 1. The third kappa shape index (κ3) is 4.01. The number of hydrogen-bond acceptors (Lipinski definition) is 5. The summed E-state index contributed by atoms with van der Waals surface area (Å²) in [7, 11) is 1.47. The Balaban J connectivity index is 1.50. The maximum absolute atomic E-state index is 11.7. The van der Waals surface area contributed by atoms with Crippen LogP contribution in [-0.4, -0.2) is 36.4 Å². The molecule has 5 heteroatoms. The molecule has 182 valence electrons. The summed E-state index contributed by atoms with van der Waals surface area (Å²) in [5.74, 6) is 2.92. The van der Waals surface area contributed by atoms with Gasteiger partial charge in [-0.1, -0.05) is 20.8 Å². The van der Waals surface area contributed by atoms with Crippen LogP contribution in [-0.2, 0) is 19.1 Å². The zero-order valence-corrected chi connectivity index (χ0v) is 20.8. The lowest BCUT2D eigenvalue weighted by Gasteiger charge is -2.62. The van der Waals surface area contributed by atoms with Gasteiger partial charge in [-0.25, -0.2) is 0 Å². The van der Waals surface area contributed by atoms with Crippen LogP contribution in [0.25, 0.3) is 0 Å². The average molecular weight is 449 g/mol. The Hall–Kier alpha value is -1.10. The van der Waals surface area contributed by atoms with Crippen LogP contribution in [0.4, 0.5) is 0 Å². The lowest BCUT2D eigenvalue weighted by atomic mass is 9.43. The van der Waals surface area contributed by atoms with Gasteiger partial charge in [-0.2, -0.15) is 0 Å². The van der Waals surface area contributed by atoms with E-state index in [1.165, 1.54) is 39.7 Å². The van der Waals surface area contributed by atoms with E-state index in [0.29, 0.717) is 41.9 Å². The number of methoxy groups -OCH3 is 1. The van der Waals surface area contributed by atoms with E-state index in [1.54, 1.807) is 0 Å². The van der Waals surface area contributed by atoms with Gasteiger partial charge in [0, 0.05) is 13.3 Å². The van der Waals surface area contributed by atoms with E-state index in [4.69, 9.17) is 9.47 Å². The smallest absolute Gasteiger partial charge is 0.305 e. The third-order valence-electron chi connectivity index (χ3n) is 10.7. The van der Waals surface area contributed by atoms with Crippen LogP contribution in [0.5, 0.6) is 0 Å². The molecule has 0 aromatic carbocycles. The highest BCUT2D eigenvalue weighted by molar-refractivity contribution is 5.69. The summed E-state index contributed by atoms with van der Waals surface area (Å²) in [6, 6.07) is 0. The van der Waals surface area contributed by atoms with E-state index in [0.717, 1.165) is 32.1 Å². The van der Waals surface area contributed by atoms with Crippen molar-refractivity contribution >= 4 is 11.9 Å². The summed E-state index contributed by atoms with van der Waals surface area (Å²) in [5, 5.41) is 11.6. The number of carbonyl (C=O) groups is 2. The van der Waals surface area contributed by atoms with E-state index in [-0.39, 0.29) is 35.0 Å². The van der Waals surface area contributed by atoms with Crippen LogP contribution in [0.15, 0.2) is 0 Å². The highest BCUT2D eigenvalue weighted by atomic mass is 16.5. The van der Waals surface area contributed by atoms with Crippen LogP contribution in [0.1, 0.15) is 91.9 Å². The maximum atomic E-state index is 11.7. The molecule has 0 radical (unpaired) electrons. The number of hydrogen-bond donors (Lipinski definition) is 1. The average Bonchev–Trinajstić information content (AvgIpc) is 3.07. The van der Waals surface area contributed by atoms with E-state index < -0.39 is 0 Å². The van der Waals surface area contributed by atoms with Crippen LogP contribution in [0.3, 0.4) is 0 Å². The lowest BCUT2D eigenvalue weighted by molar-refractivity contribution is -0.186. The largest absolute Gasteiger partial charge is 0.469 e. The Kier molecular flexibility index (Phi) is 6.70. The summed E-state index contributed by atoms with van der Waals surface area (Å²) in [6.45, 7) is 8.68. The second-order valence-corrected chi connectivity index (χ2v) is 12.1. The zero-order valence-electron chi connectivity index (χ0n) is 20.8. The van der Waals surface area contributed by atoms with Gasteiger partial charge in [-0.3, -0.25) is 9.59 Å². The summed E-state index contributed by atoms with van der Waals surface area (Å²) >= 11 is 0. The van der Waals surface area contributed by atoms with Gasteiger partial charge < -0.3 is 14.6 Å². The van der Waals surface area contributed by atoms with Crippen molar-refractivity contribution in [2.24, 2.45) is 46.3 Å². The molecule has 0 unspecified atom stereocenters. The molecule has 0 saturated heterocycles. The SMILES string of the molecule is COC(=O)CC[C@H](C)[C@@H]1CC[C@@H]2[C@@H]3CC[C@@H]4C[C@H](OC(C)=O)CC[C@]4(C)[C@@H]3[C@H](O)C[C@@]21C. The minimum absolute atomic E-state index is 0.0552. The van der Waals surface area contributed by atoms with E-state index >= 15 is 0 Å². The number of rotatable bonds is 5. The first kappa shape index (κ1) is 24.0. The number of ether oxygens (including phenoxy) is 2. The van der Waals surface area contributed by atoms with Crippen molar-refractivity contribution in [3.05, 3.63) is 0 Å². The van der Waals surface area contributed by atoms with Gasteiger partial charge in [0.2, 0.25) is 0 Å². The molecule has 4 aliphatic rings. The molecule has 0 bridgehead atoms. The van der Waals surface area contributed by atoms with Gasteiger partial charge in [0.25, 0.3) is 0 Å². The standard InChI is InChI=1S/C27H44O5/c1-16(6-11-24(30)31-5)21-9-10-22-20-8-7-18-14-19(32-17(2)28)12-13-26(18,3)25(20)23(29)15-27(21,22)4/h16,18-23,25,29H,6-15H2,1-5H3/t16-,18+,19+,20-,21-,22+,23+,25-,26-,27+/m0/s1.